The molecule has 0 radical (unpaired) electrons. The summed E-state index contributed by atoms with van der Waals surface area (Å²) in [5.74, 6) is -4.15. The van der Waals surface area contributed by atoms with Crippen LogP contribution in [0.4, 0.5) is 0 Å². The number of rotatable bonds is 2. The third kappa shape index (κ3) is 2.14. The molecule has 0 amide bonds. The molecule has 1 aliphatic rings. The van der Waals surface area contributed by atoms with Gasteiger partial charge in [-0.1, -0.05) is 23.2 Å². The highest BCUT2D eigenvalue weighted by molar-refractivity contribution is 6.33. The van der Waals surface area contributed by atoms with Crippen molar-refractivity contribution in [1.82, 2.24) is 0 Å². The van der Waals surface area contributed by atoms with Crippen LogP contribution in [0.3, 0.4) is 0 Å². The second-order valence-corrected chi connectivity index (χ2v) is 5.57. The van der Waals surface area contributed by atoms with Gasteiger partial charge >= 0.3 is 11.9 Å². The third-order valence-electron chi connectivity index (χ3n) is 3.39. The van der Waals surface area contributed by atoms with Gasteiger partial charge in [-0.3, -0.25) is 0 Å². The van der Waals surface area contributed by atoms with E-state index in [9.17, 15) is 14.7 Å². The summed E-state index contributed by atoms with van der Waals surface area (Å²) in [6.45, 7) is 0. The first kappa shape index (κ1) is 14.8. The highest BCUT2D eigenvalue weighted by atomic mass is 35.5. The molecule has 3 rings (SSSR count). The minimum absolute atomic E-state index is 0.0153. The molecule has 2 N–H and O–H groups in total. The van der Waals surface area contributed by atoms with E-state index in [-0.39, 0.29) is 32.3 Å². The van der Waals surface area contributed by atoms with Gasteiger partial charge in [-0.05, 0) is 36.4 Å². The number of fused-ring (bicyclic) bond motifs is 1. The predicted molar refractivity (Wildman–Crippen MR) is 78.3 cm³/mol. The van der Waals surface area contributed by atoms with Crippen LogP contribution in [0.1, 0.15) is 31.8 Å². The number of aromatic carboxylic acids is 1. The van der Waals surface area contributed by atoms with E-state index in [2.05, 4.69) is 0 Å². The lowest BCUT2D eigenvalue weighted by atomic mass is 9.94. The van der Waals surface area contributed by atoms with Gasteiger partial charge in [-0.2, -0.15) is 0 Å². The molecular weight excluding hydrogens is 331 g/mol. The van der Waals surface area contributed by atoms with Gasteiger partial charge in [0.2, 0.25) is 0 Å². The van der Waals surface area contributed by atoms with Gasteiger partial charge < -0.3 is 14.9 Å². The van der Waals surface area contributed by atoms with Crippen molar-refractivity contribution in [1.29, 1.82) is 0 Å². The van der Waals surface area contributed by atoms with Gasteiger partial charge in [0.15, 0.2) is 0 Å². The number of carboxylic acid groups (broad SMARTS) is 1. The number of aliphatic hydroxyl groups is 1. The first-order valence-corrected chi connectivity index (χ1v) is 6.87. The summed E-state index contributed by atoms with van der Waals surface area (Å²) < 4.78 is 5.06. The smallest absolute Gasteiger partial charge is 0.341 e. The Labute approximate surface area is 134 Å². The molecule has 1 atom stereocenters. The number of esters is 1. The number of carboxylic acids is 1. The molecule has 0 spiro atoms. The molecule has 1 heterocycles. The molecule has 2 aromatic rings. The average Bonchev–Trinajstić information content (AvgIpc) is 2.73. The Balaban J connectivity index is 2.26. The second-order valence-electron chi connectivity index (χ2n) is 4.72. The van der Waals surface area contributed by atoms with Crippen LogP contribution in [0, 0.1) is 0 Å². The van der Waals surface area contributed by atoms with Gasteiger partial charge in [0.05, 0.1) is 16.1 Å². The number of halogens is 2. The summed E-state index contributed by atoms with van der Waals surface area (Å²) >= 11 is 12.0. The largest absolute Gasteiger partial charge is 0.478 e. The van der Waals surface area contributed by atoms with E-state index in [4.69, 9.17) is 33.0 Å². The van der Waals surface area contributed by atoms with Crippen LogP contribution in [0.25, 0.3) is 0 Å². The summed E-state index contributed by atoms with van der Waals surface area (Å²) in [5, 5.41) is 20.3. The monoisotopic (exact) mass is 338 g/mol. The molecule has 2 aromatic carbocycles. The Hall–Kier alpha value is -2.08. The molecule has 0 fully saturated rings. The van der Waals surface area contributed by atoms with E-state index in [0.717, 1.165) is 0 Å². The highest BCUT2D eigenvalue weighted by Gasteiger charge is 2.47. The first-order valence-electron chi connectivity index (χ1n) is 6.12. The van der Waals surface area contributed by atoms with Crippen LogP contribution in [0.15, 0.2) is 36.4 Å². The fourth-order valence-corrected chi connectivity index (χ4v) is 2.75. The Bertz CT molecular complexity index is 818. The Morgan fingerprint density at radius 2 is 1.82 bits per heavy atom. The quantitative estimate of drug-likeness (QED) is 0.822. The SMILES string of the molecule is O=C(O)c1ccc2c(c1)C(O)(c1cc(Cl)ccc1Cl)OC2=O. The molecule has 0 saturated heterocycles. The summed E-state index contributed by atoms with van der Waals surface area (Å²) in [6, 6.07) is 8.05. The number of ether oxygens (including phenoxy) is 1. The fraction of sp³-hybridized carbons (Fsp3) is 0.0667. The van der Waals surface area contributed by atoms with Crippen LogP contribution in [-0.4, -0.2) is 22.2 Å². The molecule has 5 nitrogen and oxygen atoms in total. The zero-order valence-corrected chi connectivity index (χ0v) is 12.4. The van der Waals surface area contributed by atoms with Gasteiger partial charge in [-0.15, -0.1) is 0 Å². The standard InChI is InChI=1S/C15H8Cl2O5/c16-8-2-4-12(17)11(6-8)15(21)10-5-7(13(18)19)1-3-9(10)14(20)22-15/h1-6,21H,(H,18,19). The molecule has 22 heavy (non-hydrogen) atoms. The fourth-order valence-electron chi connectivity index (χ4n) is 2.34. The average molecular weight is 339 g/mol. The maximum atomic E-state index is 11.9. The van der Waals surface area contributed by atoms with Crippen LogP contribution in [0.2, 0.25) is 10.0 Å². The molecule has 7 heteroatoms. The van der Waals surface area contributed by atoms with E-state index in [0.29, 0.717) is 0 Å². The summed E-state index contributed by atoms with van der Waals surface area (Å²) in [7, 11) is 0. The van der Waals surface area contributed by atoms with E-state index in [1.807, 2.05) is 0 Å². The van der Waals surface area contributed by atoms with E-state index in [1.165, 1.54) is 36.4 Å². The van der Waals surface area contributed by atoms with Crippen LogP contribution < -0.4 is 0 Å². The lowest BCUT2D eigenvalue weighted by Crippen LogP contribution is -2.27. The van der Waals surface area contributed by atoms with Crippen LogP contribution in [0.5, 0.6) is 0 Å². The van der Waals surface area contributed by atoms with Gasteiger partial charge in [0, 0.05) is 16.1 Å². The summed E-state index contributed by atoms with van der Waals surface area (Å²) in [4.78, 5) is 23.0. The van der Waals surface area contributed by atoms with Crippen molar-refractivity contribution in [3.05, 3.63) is 68.7 Å². The number of hydrogen-bond donors (Lipinski definition) is 2. The van der Waals surface area contributed by atoms with Crippen molar-refractivity contribution in [2.24, 2.45) is 0 Å². The van der Waals surface area contributed by atoms with Crippen molar-refractivity contribution in [2.75, 3.05) is 0 Å². The van der Waals surface area contributed by atoms with Gasteiger partial charge in [0.1, 0.15) is 0 Å². The first-order chi connectivity index (χ1) is 10.3. The molecule has 1 unspecified atom stereocenters. The zero-order chi connectivity index (χ0) is 16.1. The van der Waals surface area contributed by atoms with Crippen LogP contribution in [-0.2, 0) is 10.5 Å². The van der Waals surface area contributed by atoms with Crippen molar-refractivity contribution < 1.29 is 24.5 Å². The topological polar surface area (TPSA) is 83.8 Å². The number of benzene rings is 2. The maximum Gasteiger partial charge on any atom is 0.341 e. The Kier molecular flexibility index (Phi) is 3.36. The zero-order valence-electron chi connectivity index (χ0n) is 10.8. The molecule has 0 saturated carbocycles. The number of carbonyl (C=O) groups is 2. The normalized spacial score (nSPS) is 19.7. The second kappa shape index (κ2) is 4.98. The van der Waals surface area contributed by atoms with E-state index < -0.39 is 17.7 Å². The van der Waals surface area contributed by atoms with E-state index in [1.54, 1.807) is 0 Å². The van der Waals surface area contributed by atoms with Crippen molar-refractivity contribution in [3.63, 3.8) is 0 Å². The molecule has 0 aliphatic carbocycles. The van der Waals surface area contributed by atoms with Gasteiger partial charge in [0.25, 0.3) is 5.79 Å². The Morgan fingerprint density at radius 1 is 1.09 bits per heavy atom. The van der Waals surface area contributed by atoms with Crippen molar-refractivity contribution in [3.8, 4) is 0 Å². The van der Waals surface area contributed by atoms with E-state index >= 15 is 0 Å². The summed E-state index contributed by atoms with van der Waals surface area (Å²) in [6.07, 6.45) is 0. The lowest BCUT2D eigenvalue weighted by molar-refractivity contribution is -0.129. The minimum Gasteiger partial charge on any atom is -0.478 e. The maximum absolute atomic E-state index is 11.9. The number of hydrogen-bond acceptors (Lipinski definition) is 4. The Morgan fingerprint density at radius 3 is 2.50 bits per heavy atom. The molecule has 0 aromatic heterocycles. The minimum atomic E-state index is -2.18. The van der Waals surface area contributed by atoms with Gasteiger partial charge in [-0.25, -0.2) is 9.59 Å². The predicted octanol–water partition coefficient (Wildman–Crippen LogP) is 3.06. The molecular formula is C15H8Cl2O5. The number of cyclic esters (lactones) is 1. The summed E-state index contributed by atoms with van der Waals surface area (Å²) in [5.41, 5.74) is 0.0649. The molecule has 1 aliphatic heterocycles. The lowest BCUT2D eigenvalue weighted by Gasteiger charge is -2.24. The highest BCUT2D eigenvalue weighted by Crippen LogP contribution is 2.43. The molecule has 112 valence electrons. The van der Waals surface area contributed by atoms with Crippen molar-refractivity contribution >= 4 is 35.1 Å². The van der Waals surface area contributed by atoms with Crippen molar-refractivity contribution in [2.45, 2.75) is 5.79 Å². The third-order valence-corrected chi connectivity index (χ3v) is 3.95. The number of carbonyl (C=O) groups excluding carboxylic acids is 1. The van der Waals surface area contributed by atoms with Crippen LogP contribution >= 0.6 is 23.2 Å². The molecule has 0 bridgehead atoms.